The summed E-state index contributed by atoms with van der Waals surface area (Å²) >= 11 is 0. The molecule has 0 N–H and O–H groups in total. The molecule has 0 atom stereocenters. The molecule has 0 aliphatic heterocycles. The van der Waals surface area contributed by atoms with Crippen LogP contribution in [-0.4, -0.2) is 9.13 Å². The summed E-state index contributed by atoms with van der Waals surface area (Å²) in [6, 6.07) is 133. The Kier molecular flexibility index (Phi) is 11.3. The van der Waals surface area contributed by atoms with Crippen LogP contribution in [0.4, 0.5) is 0 Å². The van der Waals surface area contributed by atoms with Crippen molar-refractivity contribution in [3.05, 3.63) is 374 Å². The zero-order valence-electron chi connectivity index (χ0n) is 53.9. The highest BCUT2D eigenvalue weighted by Gasteiger charge is 2.52. The Balaban J connectivity index is 0.675. The van der Waals surface area contributed by atoms with Crippen LogP contribution in [0.25, 0.3) is 186 Å². The van der Waals surface area contributed by atoms with Gasteiger partial charge in [-0.3, -0.25) is 0 Å². The van der Waals surface area contributed by atoms with E-state index in [2.05, 4.69) is 361 Å². The van der Waals surface area contributed by atoms with Crippen LogP contribution in [0, 0.1) is 0 Å². The quantitative estimate of drug-likeness (QED) is 0.147. The van der Waals surface area contributed by atoms with Gasteiger partial charge < -0.3 is 9.13 Å². The lowest BCUT2D eigenvalue weighted by Crippen LogP contribution is -2.26. The van der Waals surface area contributed by atoms with E-state index >= 15 is 0 Å². The van der Waals surface area contributed by atoms with Gasteiger partial charge >= 0.3 is 0 Å². The number of rotatable bonds is 6. The molecule has 99 heavy (non-hydrogen) atoms. The topological polar surface area (TPSA) is 9.86 Å². The van der Waals surface area contributed by atoms with Crippen molar-refractivity contribution in [2.45, 2.75) is 5.41 Å². The Bertz CT molecular complexity index is 6510. The maximum atomic E-state index is 2.55. The molecule has 2 nitrogen and oxygen atoms in total. The molecule has 0 saturated carbocycles. The first-order valence-corrected chi connectivity index (χ1v) is 34.5. The first kappa shape index (κ1) is 54.4. The highest BCUT2D eigenvalue weighted by atomic mass is 15.0. The SMILES string of the molecule is c1ccc2c(c1)-c1ccccc1C21c2cc(-c3ccc(-c4ccc5c(c4)c4ccccc4n5-c4cc5ccccc5c5ccccc45)c4ccccc34)ccc2-c2ccc(-c3ccc(-c4ccc5c(c4)c4ccccc4n5-c4cc5ccccc5c5ccccc45)c4ccccc34)cc21. The van der Waals surface area contributed by atoms with Gasteiger partial charge in [0.1, 0.15) is 0 Å². The van der Waals surface area contributed by atoms with Gasteiger partial charge in [-0.05, 0) is 204 Å². The van der Waals surface area contributed by atoms with Crippen molar-refractivity contribution in [2.24, 2.45) is 0 Å². The van der Waals surface area contributed by atoms with E-state index in [-0.39, 0.29) is 0 Å². The molecule has 2 aromatic heterocycles. The molecule has 22 rings (SSSR count). The number of hydrogen-bond donors (Lipinski definition) is 0. The lowest BCUT2D eigenvalue weighted by atomic mass is 9.70. The summed E-state index contributed by atoms with van der Waals surface area (Å²) in [5.41, 5.74) is 26.8. The molecule has 20 aromatic rings. The predicted octanol–water partition coefficient (Wildman–Crippen LogP) is 25.8. The second-order valence-corrected chi connectivity index (χ2v) is 27.3. The fraction of sp³-hybridized carbons (Fsp3) is 0.0103. The lowest BCUT2D eigenvalue weighted by Gasteiger charge is -2.31. The molecule has 2 heterocycles. The molecular formula is C97H58N2. The van der Waals surface area contributed by atoms with Crippen LogP contribution >= 0.6 is 0 Å². The monoisotopic (exact) mass is 1250 g/mol. The predicted molar refractivity (Wildman–Crippen MR) is 418 cm³/mol. The van der Waals surface area contributed by atoms with Gasteiger partial charge in [0.25, 0.3) is 0 Å². The van der Waals surface area contributed by atoms with Crippen LogP contribution in [0.1, 0.15) is 22.3 Å². The van der Waals surface area contributed by atoms with Gasteiger partial charge in [0.05, 0.1) is 38.9 Å². The summed E-state index contributed by atoms with van der Waals surface area (Å²) < 4.78 is 4.97. The van der Waals surface area contributed by atoms with Crippen LogP contribution in [0.5, 0.6) is 0 Å². The molecule has 0 unspecified atom stereocenters. The van der Waals surface area contributed by atoms with Crippen LogP contribution in [0.3, 0.4) is 0 Å². The van der Waals surface area contributed by atoms with E-state index in [4.69, 9.17) is 0 Å². The minimum Gasteiger partial charge on any atom is -0.309 e. The van der Waals surface area contributed by atoms with Gasteiger partial charge in [-0.2, -0.15) is 0 Å². The zero-order valence-corrected chi connectivity index (χ0v) is 53.9. The van der Waals surface area contributed by atoms with Crippen LogP contribution in [-0.2, 0) is 5.41 Å². The summed E-state index contributed by atoms with van der Waals surface area (Å²) in [6.45, 7) is 0. The lowest BCUT2D eigenvalue weighted by molar-refractivity contribution is 0.794. The van der Waals surface area contributed by atoms with E-state index in [0.29, 0.717) is 0 Å². The molecule has 0 radical (unpaired) electrons. The van der Waals surface area contributed by atoms with Crippen molar-refractivity contribution in [3.63, 3.8) is 0 Å². The molecule has 0 fully saturated rings. The maximum absolute atomic E-state index is 2.55. The first-order valence-electron chi connectivity index (χ1n) is 34.5. The van der Waals surface area contributed by atoms with Gasteiger partial charge in [-0.1, -0.05) is 291 Å². The molecule has 2 aliphatic carbocycles. The summed E-state index contributed by atoms with van der Waals surface area (Å²) in [6.07, 6.45) is 0. The van der Waals surface area contributed by atoms with Crippen LogP contribution in [0.15, 0.2) is 352 Å². The van der Waals surface area contributed by atoms with E-state index in [1.54, 1.807) is 0 Å². The summed E-state index contributed by atoms with van der Waals surface area (Å²) in [7, 11) is 0. The Hall–Kier alpha value is -12.9. The second-order valence-electron chi connectivity index (χ2n) is 27.3. The van der Waals surface area contributed by atoms with Crippen molar-refractivity contribution in [2.75, 3.05) is 0 Å². The fourth-order valence-electron chi connectivity index (χ4n) is 18.3. The minimum absolute atomic E-state index is 0.573. The normalized spacial score (nSPS) is 12.9. The zero-order chi connectivity index (χ0) is 64.6. The molecule has 0 amide bonds. The third kappa shape index (κ3) is 7.55. The van der Waals surface area contributed by atoms with Crippen molar-refractivity contribution >= 4 is 108 Å². The molecule has 0 bridgehead atoms. The molecule has 2 aliphatic rings. The Morgan fingerprint density at radius 2 is 0.444 bits per heavy atom. The third-order valence-corrected chi connectivity index (χ3v) is 22.5. The van der Waals surface area contributed by atoms with E-state index in [9.17, 15) is 0 Å². The number of aromatic nitrogens is 2. The average Bonchev–Trinajstić information content (AvgIpc) is 1.51. The molecular weight excluding hydrogens is 1190 g/mol. The van der Waals surface area contributed by atoms with E-state index in [1.165, 1.54) is 209 Å². The highest BCUT2D eigenvalue weighted by molar-refractivity contribution is 6.19. The average molecular weight is 1250 g/mol. The van der Waals surface area contributed by atoms with E-state index in [1.807, 2.05) is 0 Å². The van der Waals surface area contributed by atoms with Crippen LogP contribution < -0.4 is 0 Å². The van der Waals surface area contributed by atoms with Crippen molar-refractivity contribution < 1.29 is 0 Å². The Morgan fingerprint density at radius 3 is 0.859 bits per heavy atom. The smallest absolute Gasteiger partial charge is 0.0725 e. The van der Waals surface area contributed by atoms with Crippen molar-refractivity contribution in [1.29, 1.82) is 0 Å². The van der Waals surface area contributed by atoms with Crippen molar-refractivity contribution in [1.82, 2.24) is 9.13 Å². The van der Waals surface area contributed by atoms with Gasteiger partial charge in [-0.15, -0.1) is 0 Å². The highest BCUT2D eigenvalue weighted by Crippen LogP contribution is 2.64. The second kappa shape index (κ2) is 20.6. The summed E-state index contributed by atoms with van der Waals surface area (Å²) in [4.78, 5) is 0. The first-order chi connectivity index (χ1) is 49.1. The van der Waals surface area contributed by atoms with Gasteiger partial charge in [0.2, 0.25) is 0 Å². The molecule has 2 heteroatoms. The Labute approximate surface area is 571 Å². The number of para-hydroxylation sites is 2. The maximum Gasteiger partial charge on any atom is 0.0725 e. The largest absolute Gasteiger partial charge is 0.309 e. The molecule has 1 spiro atoms. The fourth-order valence-corrected chi connectivity index (χ4v) is 18.3. The number of benzene rings is 18. The van der Waals surface area contributed by atoms with Gasteiger partial charge in [0, 0.05) is 32.3 Å². The summed E-state index contributed by atoms with van der Waals surface area (Å²) in [5, 5.41) is 19.9. The van der Waals surface area contributed by atoms with E-state index < -0.39 is 5.41 Å². The van der Waals surface area contributed by atoms with Gasteiger partial charge in [0.15, 0.2) is 0 Å². The summed E-state index contributed by atoms with van der Waals surface area (Å²) in [5.74, 6) is 0. The van der Waals surface area contributed by atoms with Crippen LogP contribution in [0.2, 0.25) is 0 Å². The van der Waals surface area contributed by atoms with Crippen molar-refractivity contribution in [3.8, 4) is 78.1 Å². The third-order valence-electron chi connectivity index (χ3n) is 22.5. The number of hydrogen-bond acceptors (Lipinski definition) is 0. The number of fused-ring (bicyclic) bond motifs is 24. The van der Waals surface area contributed by atoms with E-state index in [0.717, 1.165) is 0 Å². The van der Waals surface area contributed by atoms with Gasteiger partial charge in [-0.25, -0.2) is 0 Å². The molecule has 456 valence electrons. The molecule has 18 aromatic carbocycles. The molecule has 0 saturated heterocycles. The Morgan fingerprint density at radius 1 is 0.162 bits per heavy atom. The standard InChI is InChI=1S/C97H58N2/c1-3-23-65-59(21-1)57-95(81-33-11-9-29-75(65)81)98-91-39-19-15-35-83(91)85-53-61(43-51-93(85)98)67-47-49-69(73-27-7-5-25-71(67)73)63-41-45-79-80-46-42-64(56-90(80)97(89(79)55-63)87-37-17-13-31-77(87)78-32-14-18-38-88(78)97)70-50-48-68(72-26-6-8-28-74(70)72)62-44-52-94-86(54-62)84-36-16-20-40-92(84)99(94)96-58-60-22-2-4-24-66(60)76-30-10-12-34-82(76)96/h1-58H. The number of nitrogens with zero attached hydrogens (tertiary/aromatic N) is 2. The minimum atomic E-state index is -0.573.